The van der Waals surface area contributed by atoms with E-state index in [1.54, 1.807) is 6.21 Å². The predicted molar refractivity (Wildman–Crippen MR) is 51.7 cm³/mol. The largest absolute Gasteiger partial charge is 0.244 e. The van der Waals surface area contributed by atoms with Gasteiger partial charge in [-0.25, -0.2) is 4.99 Å². The first-order chi connectivity index (χ1) is 6.27. The summed E-state index contributed by atoms with van der Waals surface area (Å²) in [6.45, 7) is 0. The molecular weight excluding hydrogens is 186 g/mol. The van der Waals surface area contributed by atoms with Gasteiger partial charge in [-0.1, -0.05) is 24.3 Å². The molecule has 0 bridgehead atoms. The minimum atomic E-state index is -2.19. The lowest BCUT2D eigenvalue weighted by molar-refractivity contribution is 0.626. The fraction of sp³-hybridized carbons (Fsp3) is 0.111. The van der Waals surface area contributed by atoms with Crippen molar-refractivity contribution < 1.29 is 8.42 Å². The van der Waals surface area contributed by atoms with Crippen molar-refractivity contribution in [2.24, 2.45) is 4.99 Å². The summed E-state index contributed by atoms with van der Waals surface area (Å²) in [7, 11) is -2.19. The third kappa shape index (κ3) is 1.53. The van der Waals surface area contributed by atoms with Crippen LogP contribution in [-0.4, -0.2) is 19.6 Å². The van der Waals surface area contributed by atoms with Crippen LogP contribution in [0, 0.1) is 0 Å². The van der Waals surface area contributed by atoms with Crippen LogP contribution in [0.15, 0.2) is 29.3 Å². The van der Waals surface area contributed by atoms with E-state index in [1.165, 1.54) is 0 Å². The molecule has 1 aromatic carbocycles. The fourth-order valence-corrected chi connectivity index (χ4v) is 1.69. The molecule has 0 unspecified atom stereocenters. The Balaban J connectivity index is 2.58. The summed E-state index contributed by atoms with van der Waals surface area (Å²) in [6, 6.07) is 7.63. The van der Waals surface area contributed by atoms with Gasteiger partial charge in [-0.2, -0.15) is 8.42 Å². The number of fused-ring (bicyclic) bond motifs is 1. The molecule has 0 N–H and O–H groups in total. The number of rotatable bonds is 0. The van der Waals surface area contributed by atoms with Crippen molar-refractivity contribution in [1.29, 1.82) is 0 Å². The fourth-order valence-electron chi connectivity index (χ4n) is 1.27. The Hall–Kier alpha value is -1.42. The number of hydrogen-bond acceptors (Lipinski definition) is 2. The van der Waals surface area contributed by atoms with Gasteiger partial charge >= 0.3 is 0 Å². The van der Waals surface area contributed by atoms with Crippen molar-refractivity contribution in [2.75, 3.05) is 0 Å². The SMILES string of the molecule is O=S(=O)=C1Cc2ccccc2C=N1. The lowest BCUT2D eigenvalue weighted by atomic mass is 10.0. The van der Waals surface area contributed by atoms with Gasteiger partial charge < -0.3 is 0 Å². The summed E-state index contributed by atoms with van der Waals surface area (Å²) in [5, 5.41) is 0. The zero-order chi connectivity index (χ0) is 9.26. The Morgan fingerprint density at radius 2 is 2.00 bits per heavy atom. The van der Waals surface area contributed by atoms with E-state index in [0.29, 0.717) is 6.42 Å². The van der Waals surface area contributed by atoms with Crippen LogP contribution in [0.5, 0.6) is 0 Å². The van der Waals surface area contributed by atoms with Crippen LogP contribution < -0.4 is 0 Å². The number of nitrogens with zero attached hydrogens (tertiary/aromatic N) is 1. The Labute approximate surface area is 77.3 Å². The molecule has 13 heavy (non-hydrogen) atoms. The molecule has 0 radical (unpaired) electrons. The smallest absolute Gasteiger partial charge is 0.236 e. The monoisotopic (exact) mass is 193 g/mol. The Bertz CT molecular complexity index is 492. The molecule has 0 aliphatic carbocycles. The molecule has 66 valence electrons. The quantitative estimate of drug-likeness (QED) is 0.568. The van der Waals surface area contributed by atoms with Crippen LogP contribution in [-0.2, 0) is 16.7 Å². The highest BCUT2D eigenvalue weighted by Gasteiger charge is 2.09. The number of aliphatic imine (C=N–C) groups is 1. The van der Waals surface area contributed by atoms with Crippen molar-refractivity contribution in [3.8, 4) is 0 Å². The number of benzene rings is 1. The first-order valence-corrected chi connectivity index (χ1v) is 4.92. The molecule has 0 atom stereocenters. The van der Waals surface area contributed by atoms with Crippen LogP contribution in [0.4, 0.5) is 0 Å². The topological polar surface area (TPSA) is 46.5 Å². The van der Waals surface area contributed by atoms with Gasteiger partial charge in [0.25, 0.3) is 0 Å². The van der Waals surface area contributed by atoms with Gasteiger partial charge in [0.05, 0.1) is 0 Å². The zero-order valence-electron chi connectivity index (χ0n) is 6.77. The maximum absolute atomic E-state index is 10.6. The van der Waals surface area contributed by atoms with Gasteiger partial charge in [-0.3, -0.25) is 0 Å². The van der Waals surface area contributed by atoms with E-state index in [2.05, 4.69) is 4.99 Å². The molecule has 1 aliphatic rings. The summed E-state index contributed by atoms with van der Waals surface area (Å²) in [4.78, 5) is 4.06. The van der Waals surface area contributed by atoms with Crippen LogP contribution in [0.1, 0.15) is 11.1 Å². The van der Waals surface area contributed by atoms with E-state index in [4.69, 9.17) is 0 Å². The van der Waals surface area contributed by atoms with Crippen molar-refractivity contribution in [2.45, 2.75) is 6.42 Å². The lowest BCUT2D eigenvalue weighted by Crippen LogP contribution is -2.09. The summed E-state index contributed by atoms with van der Waals surface area (Å²) < 4.78 is 21.2. The van der Waals surface area contributed by atoms with E-state index in [0.717, 1.165) is 11.1 Å². The molecule has 1 heterocycles. The summed E-state index contributed by atoms with van der Waals surface area (Å²) in [6.07, 6.45) is 1.99. The molecule has 1 aromatic rings. The average Bonchev–Trinajstić information content (AvgIpc) is 2.17. The predicted octanol–water partition coefficient (Wildman–Crippen LogP) is 0.671. The Morgan fingerprint density at radius 3 is 2.77 bits per heavy atom. The second-order valence-corrected chi connectivity index (χ2v) is 3.70. The van der Waals surface area contributed by atoms with Gasteiger partial charge in [-0.15, -0.1) is 0 Å². The molecular formula is C9H7NO2S. The molecule has 4 heteroatoms. The van der Waals surface area contributed by atoms with E-state index in [-0.39, 0.29) is 4.99 Å². The Kier molecular flexibility index (Phi) is 1.98. The molecule has 0 saturated heterocycles. The highest BCUT2D eigenvalue weighted by molar-refractivity contribution is 7.73. The average molecular weight is 193 g/mol. The van der Waals surface area contributed by atoms with Crippen LogP contribution in [0.25, 0.3) is 0 Å². The van der Waals surface area contributed by atoms with E-state index in [1.807, 2.05) is 24.3 Å². The van der Waals surface area contributed by atoms with E-state index < -0.39 is 10.3 Å². The molecule has 0 fully saturated rings. The minimum Gasteiger partial charge on any atom is -0.244 e. The van der Waals surface area contributed by atoms with Gasteiger partial charge in [-0.05, 0) is 11.1 Å². The normalized spacial score (nSPS) is 14.0. The van der Waals surface area contributed by atoms with Gasteiger partial charge in [0, 0.05) is 12.6 Å². The van der Waals surface area contributed by atoms with Gasteiger partial charge in [0.15, 0.2) is 4.99 Å². The van der Waals surface area contributed by atoms with Gasteiger partial charge in [0.1, 0.15) is 0 Å². The second kappa shape index (κ2) is 3.14. The highest BCUT2D eigenvalue weighted by atomic mass is 32.2. The van der Waals surface area contributed by atoms with E-state index >= 15 is 0 Å². The molecule has 1 aliphatic heterocycles. The third-order valence-electron chi connectivity index (χ3n) is 1.94. The van der Waals surface area contributed by atoms with Crippen LogP contribution >= 0.6 is 0 Å². The van der Waals surface area contributed by atoms with Crippen molar-refractivity contribution in [1.82, 2.24) is 0 Å². The van der Waals surface area contributed by atoms with Crippen LogP contribution in [0.3, 0.4) is 0 Å². The second-order valence-electron chi connectivity index (χ2n) is 2.76. The maximum atomic E-state index is 10.6. The maximum Gasteiger partial charge on any atom is 0.236 e. The summed E-state index contributed by atoms with van der Waals surface area (Å²) in [5.41, 5.74) is 2.01. The van der Waals surface area contributed by atoms with Crippen LogP contribution in [0.2, 0.25) is 0 Å². The lowest BCUT2D eigenvalue weighted by Gasteiger charge is -2.07. The molecule has 0 amide bonds. The van der Waals surface area contributed by atoms with Gasteiger partial charge in [0.2, 0.25) is 10.3 Å². The number of hydrogen-bond donors (Lipinski definition) is 0. The summed E-state index contributed by atoms with van der Waals surface area (Å²) >= 11 is 0. The highest BCUT2D eigenvalue weighted by Crippen LogP contribution is 2.11. The standard InChI is InChI=1S/C9H7NO2S/c11-13(12)9-5-7-3-1-2-4-8(7)6-10-9/h1-4,6H,5H2. The first-order valence-electron chi connectivity index (χ1n) is 3.84. The van der Waals surface area contributed by atoms with E-state index in [9.17, 15) is 8.42 Å². The van der Waals surface area contributed by atoms with Crippen molar-refractivity contribution in [3.05, 3.63) is 35.4 Å². The molecule has 3 nitrogen and oxygen atoms in total. The first kappa shape index (κ1) is 8.19. The zero-order valence-corrected chi connectivity index (χ0v) is 7.58. The minimum absolute atomic E-state index is 0.207. The molecule has 0 spiro atoms. The molecule has 2 rings (SSSR count). The summed E-state index contributed by atoms with van der Waals surface area (Å²) in [5.74, 6) is 0. The van der Waals surface area contributed by atoms with Crippen molar-refractivity contribution in [3.63, 3.8) is 0 Å². The third-order valence-corrected chi connectivity index (χ3v) is 2.57. The van der Waals surface area contributed by atoms with Crippen molar-refractivity contribution >= 4 is 21.5 Å². The Morgan fingerprint density at radius 1 is 1.23 bits per heavy atom. The molecule has 0 saturated carbocycles. The molecule has 0 aromatic heterocycles.